The minimum absolute atomic E-state index is 0.704. The summed E-state index contributed by atoms with van der Waals surface area (Å²) in [5.74, 6) is 0. The molecule has 0 amide bonds. The summed E-state index contributed by atoms with van der Waals surface area (Å²) in [6.45, 7) is 5.54. The highest BCUT2D eigenvalue weighted by Gasteiger charge is 2.05. The first-order valence-electron chi connectivity index (χ1n) is 4.57. The Morgan fingerprint density at radius 1 is 1.62 bits per heavy atom. The molecule has 3 nitrogen and oxygen atoms in total. The van der Waals surface area contributed by atoms with Crippen LogP contribution in [0, 0.1) is 0 Å². The van der Waals surface area contributed by atoms with E-state index in [9.17, 15) is 0 Å². The quantitative estimate of drug-likeness (QED) is 0.713. The molecule has 2 N–H and O–H groups in total. The van der Waals surface area contributed by atoms with Gasteiger partial charge >= 0.3 is 0 Å². The van der Waals surface area contributed by atoms with Gasteiger partial charge in [-0.25, -0.2) is 0 Å². The molecule has 0 bridgehead atoms. The average Bonchev–Trinajstić information content (AvgIpc) is 2.09. The zero-order valence-corrected chi connectivity index (χ0v) is 8.33. The van der Waals surface area contributed by atoms with Crippen molar-refractivity contribution in [2.24, 2.45) is 10.7 Å². The molecule has 0 saturated carbocycles. The molecule has 0 spiro atoms. The molecular weight excluding hydrogens is 162 g/mol. The molecule has 1 aliphatic heterocycles. The molecule has 0 aromatic rings. The molecule has 1 heterocycles. The Morgan fingerprint density at radius 2 is 2.38 bits per heavy atom. The highest BCUT2D eigenvalue weighted by Crippen LogP contribution is 2.09. The van der Waals surface area contributed by atoms with Gasteiger partial charge < -0.3 is 10.6 Å². The molecule has 0 saturated heterocycles. The number of rotatable bonds is 3. The van der Waals surface area contributed by atoms with Crippen LogP contribution in [0.3, 0.4) is 0 Å². The number of hydrogen-bond donors (Lipinski definition) is 1. The average molecular weight is 179 g/mol. The minimum Gasteiger partial charge on any atom is -0.332 e. The van der Waals surface area contributed by atoms with Crippen molar-refractivity contribution in [3.63, 3.8) is 0 Å². The summed E-state index contributed by atoms with van der Waals surface area (Å²) in [4.78, 5) is 6.44. The smallest absolute Gasteiger partial charge is 0.114 e. The van der Waals surface area contributed by atoms with Crippen molar-refractivity contribution >= 4 is 5.71 Å². The molecule has 3 heteroatoms. The second-order valence-corrected chi connectivity index (χ2v) is 3.16. The van der Waals surface area contributed by atoms with E-state index in [0.29, 0.717) is 6.54 Å². The van der Waals surface area contributed by atoms with Gasteiger partial charge in [0.1, 0.15) is 6.67 Å². The Kier molecular flexibility index (Phi) is 3.71. The first kappa shape index (κ1) is 9.99. The summed E-state index contributed by atoms with van der Waals surface area (Å²) in [6.07, 6.45) is 7.13. The summed E-state index contributed by atoms with van der Waals surface area (Å²) in [6, 6.07) is 0. The second kappa shape index (κ2) is 4.82. The molecule has 13 heavy (non-hydrogen) atoms. The first-order valence-corrected chi connectivity index (χ1v) is 4.57. The van der Waals surface area contributed by atoms with Crippen LogP contribution in [0.4, 0.5) is 0 Å². The number of allylic oxidation sites excluding steroid dienone is 2. The topological polar surface area (TPSA) is 41.6 Å². The maximum Gasteiger partial charge on any atom is 0.114 e. The summed E-state index contributed by atoms with van der Waals surface area (Å²) in [5.41, 5.74) is 7.72. The van der Waals surface area contributed by atoms with E-state index < -0.39 is 0 Å². The van der Waals surface area contributed by atoms with E-state index in [2.05, 4.69) is 35.2 Å². The standard InChI is InChI=1S/C10H17N3/c1-9-7-10(2)13(8-12-9)6-4-3-5-11/h4,6-7H,3,5,8,11H2,1-2H3/b6-4-. The predicted octanol–water partition coefficient (Wildman–Crippen LogP) is 1.49. The number of aliphatic imine (C=N–C) groups is 1. The third kappa shape index (κ3) is 3.03. The number of nitrogens with two attached hydrogens (primary N) is 1. The fourth-order valence-electron chi connectivity index (χ4n) is 1.19. The zero-order valence-electron chi connectivity index (χ0n) is 8.33. The van der Waals surface area contributed by atoms with E-state index in [0.717, 1.165) is 18.8 Å². The fraction of sp³-hybridized carbons (Fsp3) is 0.500. The van der Waals surface area contributed by atoms with Crippen LogP contribution in [0.15, 0.2) is 29.0 Å². The highest BCUT2D eigenvalue weighted by atomic mass is 15.2. The van der Waals surface area contributed by atoms with Crippen LogP contribution in [0.5, 0.6) is 0 Å². The third-order valence-corrected chi connectivity index (χ3v) is 1.96. The van der Waals surface area contributed by atoms with Crippen molar-refractivity contribution < 1.29 is 0 Å². The summed E-state index contributed by atoms with van der Waals surface area (Å²) in [7, 11) is 0. The lowest BCUT2D eigenvalue weighted by molar-refractivity contribution is 0.474. The van der Waals surface area contributed by atoms with Gasteiger partial charge in [-0.2, -0.15) is 0 Å². The maximum atomic E-state index is 5.39. The van der Waals surface area contributed by atoms with Crippen LogP contribution in [0.25, 0.3) is 0 Å². The van der Waals surface area contributed by atoms with Gasteiger partial charge in [-0.15, -0.1) is 0 Å². The van der Waals surface area contributed by atoms with Crippen LogP contribution in [0.2, 0.25) is 0 Å². The Hall–Kier alpha value is -1.09. The summed E-state index contributed by atoms with van der Waals surface area (Å²) >= 11 is 0. The van der Waals surface area contributed by atoms with Gasteiger partial charge in [-0.3, -0.25) is 4.99 Å². The Morgan fingerprint density at radius 3 is 3.00 bits per heavy atom. The van der Waals surface area contributed by atoms with Gasteiger partial charge in [-0.1, -0.05) is 6.08 Å². The van der Waals surface area contributed by atoms with Crippen LogP contribution in [-0.4, -0.2) is 23.8 Å². The van der Waals surface area contributed by atoms with Gasteiger partial charge in [0, 0.05) is 17.6 Å². The minimum atomic E-state index is 0.704. The molecular formula is C10H17N3. The lowest BCUT2D eigenvalue weighted by Crippen LogP contribution is -2.20. The molecule has 0 radical (unpaired) electrons. The van der Waals surface area contributed by atoms with Crippen molar-refractivity contribution in [2.75, 3.05) is 13.2 Å². The monoisotopic (exact) mass is 179 g/mol. The van der Waals surface area contributed by atoms with E-state index in [4.69, 9.17) is 5.73 Å². The lowest BCUT2D eigenvalue weighted by Gasteiger charge is -2.22. The fourth-order valence-corrected chi connectivity index (χ4v) is 1.19. The number of hydrogen-bond acceptors (Lipinski definition) is 3. The first-order chi connectivity index (χ1) is 6.24. The second-order valence-electron chi connectivity index (χ2n) is 3.16. The summed E-state index contributed by atoms with van der Waals surface area (Å²) in [5, 5.41) is 0. The molecule has 0 aliphatic carbocycles. The lowest BCUT2D eigenvalue weighted by atomic mass is 10.3. The van der Waals surface area contributed by atoms with E-state index in [1.54, 1.807) is 0 Å². The number of nitrogens with zero attached hydrogens (tertiary/aromatic N) is 2. The Labute approximate surface area is 79.6 Å². The van der Waals surface area contributed by atoms with Crippen LogP contribution in [-0.2, 0) is 0 Å². The van der Waals surface area contributed by atoms with Gasteiger partial charge in [0.15, 0.2) is 0 Å². The molecule has 0 atom stereocenters. The molecule has 0 aromatic heterocycles. The van der Waals surface area contributed by atoms with Crippen LogP contribution in [0.1, 0.15) is 20.3 Å². The molecule has 0 fully saturated rings. The van der Waals surface area contributed by atoms with Crippen molar-refractivity contribution in [1.29, 1.82) is 0 Å². The predicted molar refractivity (Wildman–Crippen MR) is 56.4 cm³/mol. The molecule has 0 aromatic carbocycles. The zero-order chi connectivity index (χ0) is 9.68. The summed E-state index contributed by atoms with van der Waals surface area (Å²) < 4.78 is 0. The van der Waals surface area contributed by atoms with Crippen LogP contribution >= 0.6 is 0 Å². The van der Waals surface area contributed by atoms with E-state index >= 15 is 0 Å². The van der Waals surface area contributed by atoms with Gasteiger partial charge in [-0.05, 0) is 32.9 Å². The highest BCUT2D eigenvalue weighted by molar-refractivity contribution is 5.93. The van der Waals surface area contributed by atoms with E-state index in [-0.39, 0.29) is 0 Å². The largest absolute Gasteiger partial charge is 0.332 e. The van der Waals surface area contributed by atoms with Gasteiger partial charge in [0.05, 0.1) is 0 Å². The molecule has 1 aliphatic rings. The van der Waals surface area contributed by atoms with Crippen molar-refractivity contribution in [2.45, 2.75) is 20.3 Å². The normalized spacial score (nSPS) is 17.6. The maximum absolute atomic E-state index is 5.39. The van der Waals surface area contributed by atoms with Gasteiger partial charge in [0.2, 0.25) is 0 Å². The Balaban J connectivity index is 2.51. The molecule has 72 valence electrons. The molecule has 0 unspecified atom stereocenters. The SMILES string of the molecule is CC1=CC(C)=NCN1/C=C\CCN. The van der Waals surface area contributed by atoms with Crippen LogP contribution < -0.4 is 5.73 Å². The van der Waals surface area contributed by atoms with Crippen molar-refractivity contribution in [3.05, 3.63) is 24.0 Å². The Bertz CT molecular complexity index is 251. The van der Waals surface area contributed by atoms with E-state index in [1.165, 1.54) is 5.70 Å². The van der Waals surface area contributed by atoms with E-state index in [1.807, 2.05) is 6.92 Å². The van der Waals surface area contributed by atoms with Gasteiger partial charge in [0.25, 0.3) is 0 Å². The van der Waals surface area contributed by atoms with Crippen molar-refractivity contribution in [3.8, 4) is 0 Å². The third-order valence-electron chi connectivity index (χ3n) is 1.96. The molecule has 1 rings (SSSR count). The van der Waals surface area contributed by atoms with Crippen molar-refractivity contribution in [1.82, 2.24) is 4.90 Å².